The van der Waals surface area contributed by atoms with Crippen molar-refractivity contribution in [3.8, 4) is 0 Å². The predicted octanol–water partition coefficient (Wildman–Crippen LogP) is 4.40. The zero-order valence-electron chi connectivity index (χ0n) is 15.8. The number of carbonyl (C=O) groups is 1. The summed E-state index contributed by atoms with van der Waals surface area (Å²) in [5, 5.41) is 3.35. The number of carbonyl (C=O) groups excluding carboxylic acids is 1. The Hall–Kier alpha value is -2.05. The first kappa shape index (κ1) is 21.3. The number of rotatable bonds is 8. The predicted molar refractivity (Wildman–Crippen MR) is 112 cm³/mol. The van der Waals surface area contributed by atoms with E-state index >= 15 is 0 Å². The lowest BCUT2D eigenvalue weighted by Gasteiger charge is -2.24. The van der Waals surface area contributed by atoms with Gasteiger partial charge in [-0.3, -0.25) is 9.10 Å². The van der Waals surface area contributed by atoms with Crippen LogP contribution < -0.4 is 9.62 Å². The van der Waals surface area contributed by atoms with Gasteiger partial charge in [0.15, 0.2) is 0 Å². The maximum absolute atomic E-state index is 12.2. The third-order valence-corrected chi connectivity index (χ3v) is 5.91. The van der Waals surface area contributed by atoms with Crippen molar-refractivity contribution >= 4 is 38.9 Å². The smallest absolute Gasteiger partial charge is 0.232 e. The van der Waals surface area contributed by atoms with Crippen molar-refractivity contribution in [1.82, 2.24) is 0 Å². The number of benzene rings is 2. The molecule has 1 amide bonds. The largest absolute Gasteiger partial charge is 0.326 e. The fourth-order valence-corrected chi connectivity index (χ4v) is 3.95. The van der Waals surface area contributed by atoms with Crippen LogP contribution in [0.25, 0.3) is 0 Å². The monoisotopic (exact) mass is 408 g/mol. The van der Waals surface area contributed by atoms with Crippen molar-refractivity contribution in [3.05, 3.63) is 58.6 Å². The van der Waals surface area contributed by atoms with E-state index in [-0.39, 0.29) is 18.9 Å². The zero-order valence-corrected chi connectivity index (χ0v) is 17.4. The molecule has 2 aromatic carbocycles. The minimum Gasteiger partial charge on any atom is -0.326 e. The fourth-order valence-electron chi connectivity index (χ4n) is 2.76. The van der Waals surface area contributed by atoms with Crippen LogP contribution in [-0.4, -0.2) is 27.1 Å². The quantitative estimate of drug-likeness (QED) is 0.704. The molecule has 0 unspecified atom stereocenters. The second-order valence-corrected chi connectivity index (χ2v) is 8.74. The number of halogens is 1. The number of hydrogen-bond acceptors (Lipinski definition) is 3. The SMILES string of the molecule is CCc1ccc(NC(=O)CCCN(c2cccc(Cl)c2C)S(C)(=O)=O)cc1. The normalized spacial score (nSPS) is 11.3. The van der Waals surface area contributed by atoms with Gasteiger partial charge in [-0.25, -0.2) is 8.42 Å². The Morgan fingerprint density at radius 3 is 2.41 bits per heavy atom. The standard InChI is InChI=1S/C20H25ClN2O3S/c1-4-16-10-12-17(13-11-16)22-20(24)9-6-14-23(27(3,25)26)19-8-5-7-18(21)15(19)2/h5,7-8,10-13H,4,6,9,14H2,1-3H3,(H,22,24). The van der Waals surface area contributed by atoms with Crippen molar-refractivity contribution in [2.24, 2.45) is 0 Å². The Morgan fingerprint density at radius 2 is 1.81 bits per heavy atom. The highest BCUT2D eigenvalue weighted by Crippen LogP contribution is 2.28. The summed E-state index contributed by atoms with van der Waals surface area (Å²) < 4.78 is 25.7. The number of nitrogens with one attached hydrogen (secondary N) is 1. The van der Waals surface area contributed by atoms with E-state index in [1.165, 1.54) is 9.87 Å². The summed E-state index contributed by atoms with van der Waals surface area (Å²) in [6, 6.07) is 12.8. The van der Waals surface area contributed by atoms with Crippen molar-refractivity contribution < 1.29 is 13.2 Å². The van der Waals surface area contributed by atoms with Crippen LogP contribution in [0.4, 0.5) is 11.4 Å². The van der Waals surface area contributed by atoms with Gasteiger partial charge in [0.05, 0.1) is 11.9 Å². The molecule has 27 heavy (non-hydrogen) atoms. The molecule has 0 aliphatic rings. The summed E-state index contributed by atoms with van der Waals surface area (Å²) in [6.45, 7) is 4.06. The first-order valence-electron chi connectivity index (χ1n) is 8.84. The fraction of sp³-hybridized carbons (Fsp3) is 0.350. The molecule has 0 fully saturated rings. The first-order chi connectivity index (χ1) is 12.7. The molecule has 0 saturated heterocycles. The molecule has 0 spiro atoms. The van der Waals surface area contributed by atoms with E-state index in [0.717, 1.165) is 18.4 Å². The van der Waals surface area contributed by atoms with Crippen LogP contribution in [0, 0.1) is 6.92 Å². The van der Waals surface area contributed by atoms with E-state index in [1.54, 1.807) is 25.1 Å². The van der Waals surface area contributed by atoms with Gasteiger partial charge in [-0.2, -0.15) is 0 Å². The van der Waals surface area contributed by atoms with Gasteiger partial charge >= 0.3 is 0 Å². The highest BCUT2D eigenvalue weighted by Gasteiger charge is 2.20. The van der Waals surface area contributed by atoms with Crippen LogP contribution >= 0.6 is 11.6 Å². The number of aryl methyl sites for hydroxylation is 1. The summed E-state index contributed by atoms with van der Waals surface area (Å²) in [5.74, 6) is -0.143. The van der Waals surface area contributed by atoms with Crippen molar-refractivity contribution in [1.29, 1.82) is 0 Å². The second kappa shape index (κ2) is 9.24. The molecule has 0 aliphatic heterocycles. The topological polar surface area (TPSA) is 66.5 Å². The lowest BCUT2D eigenvalue weighted by atomic mass is 10.1. The van der Waals surface area contributed by atoms with Crippen molar-refractivity contribution in [2.75, 3.05) is 22.4 Å². The summed E-state index contributed by atoms with van der Waals surface area (Å²) in [6.07, 6.45) is 2.72. The number of anilines is 2. The first-order valence-corrected chi connectivity index (χ1v) is 11.1. The lowest BCUT2D eigenvalue weighted by molar-refractivity contribution is -0.116. The highest BCUT2D eigenvalue weighted by molar-refractivity contribution is 7.92. The maximum Gasteiger partial charge on any atom is 0.232 e. The second-order valence-electron chi connectivity index (χ2n) is 6.42. The van der Waals surface area contributed by atoms with E-state index in [2.05, 4.69) is 12.2 Å². The molecule has 2 rings (SSSR count). The van der Waals surface area contributed by atoms with Gasteiger partial charge in [-0.15, -0.1) is 0 Å². The maximum atomic E-state index is 12.2. The minimum absolute atomic E-state index is 0.143. The van der Waals surface area contributed by atoms with Crippen molar-refractivity contribution in [2.45, 2.75) is 33.1 Å². The van der Waals surface area contributed by atoms with Gasteiger partial charge in [-0.1, -0.05) is 36.7 Å². The van der Waals surface area contributed by atoms with Crippen LogP contribution in [0.5, 0.6) is 0 Å². The van der Waals surface area contributed by atoms with Crippen LogP contribution in [-0.2, 0) is 21.2 Å². The molecule has 1 N–H and O–H groups in total. The molecular weight excluding hydrogens is 384 g/mol. The number of nitrogens with zero attached hydrogens (tertiary/aromatic N) is 1. The zero-order chi connectivity index (χ0) is 20.0. The Balaban J connectivity index is 1.99. The summed E-state index contributed by atoms with van der Waals surface area (Å²) in [5.41, 5.74) is 3.18. The minimum atomic E-state index is -3.48. The molecule has 7 heteroatoms. The lowest BCUT2D eigenvalue weighted by Crippen LogP contribution is -2.32. The van der Waals surface area contributed by atoms with E-state index in [4.69, 9.17) is 11.6 Å². The van der Waals surface area contributed by atoms with E-state index in [1.807, 2.05) is 24.3 Å². The van der Waals surface area contributed by atoms with E-state index < -0.39 is 10.0 Å². The average Bonchev–Trinajstić information content (AvgIpc) is 2.61. The number of sulfonamides is 1. The Morgan fingerprint density at radius 1 is 1.15 bits per heavy atom. The Bertz CT molecular complexity index is 896. The van der Waals surface area contributed by atoms with Crippen LogP contribution in [0.3, 0.4) is 0 Å². The van der Waals surface area contributed by atoms with E-state index in [0.29, 0.717) is 22.7 Å². The van der Waals surface area contributed by atoms with Gasteiger partial charge < -0.3 is 5.32 Å². The summed E-state index contributed by atoms with van der Waals surface area (Å²) in [7, 11) is -3.48. The third-order valence-electron chi connectivity index (χ3n) is 4.32. The third kappa shape index (κ3) is 5.97. The van der Waals surface area contributed by atoms with Gasteiger partial charge in [-0.05, 0) is 55.2 Å². The molecule has 0 bridgehead atoms. The molecule has 2 aromatic rings. The number of amides is 1. The molecule has 0 heterocycles. The molecule has 0 aromatic heterocycles. The molecular formula is C20H25ClN2O3S. The van der Waals surface area contributed by atoms with Crippen LogP contribution in [0.15, 0.2) is 42.5 Å². The van der Waals surface area contributed by atoms with E-state index in [9.17, 15) is 13.2 Å². The van der Waals surface area contributed by atoms with Gasteiger partial charge in [0, 0.05) is 23.7 Å². The molecule has 0 radical (unpaired) electrons. The molecule has 0 aliphatic carbocycles. The Kier molecular flexibility index (Phi) is 7.27. The van der Waals surface area contributed by atoms with Gasteiger partial charge in [0.1, 0.15) is 0 Å². The van der Waals surface area contributed by atoms with Gasteiger partial charge in [0.2, 0.25) is 15.9 Å². The summed E-state index contributed by atoms with van der Waals surface area (Å²) >= 11 is 6.12. The molecule has 0 saturated carbocycles. The van der Waals surface area contributed by atoms with Gasteiger partial charge in [0.25, 0.3) is 0 Å². The van der Waals surface area contributed by atoms with Crippen molar-refractivity contribution in [3.63, 3.8) is 0 Å². The van der Waals surface area contributed by atoms with Crippen LogP contribution in [0.2, 0.25) is 5.02 Å². The molecule has 0 atom stereocenters. The average molecular weight is 409 g/mol. The highest BCUT2D eigenvalue weighted by atomic mass is 35.5. The molecule has 146 valence electrons. The Labute approximate surface area is 166 Å². The van der Waals surface area contributed by atoms with Crippen LogP contribution in [0.1, 0.15) is 30.9 Å². The number of hydrogen-bond donors (Lipinski definition) is 1. The summed E-state index contributed by atoms with van der Waals surface area (Å²) in [4.78, 5) is 12.2. The molecule has 5 nitrogen and oxygen atoms in total.